The van der Waals surface area contributed by atoms with Crippen LogP contribution in [0.1, 0.15) is 39.2 Å². The fourth-order valence-electron chi connectivity index (χ4n) is 1.80. The lowest BCUT2D eigenvalue weighted by Gasteiger charge is -2.28. The molecular weight excluding hydrogens is 286 g/mol. The summed E-state index contributed by atoms with van der Waals surface area (Å²) >= 11 is 0. The minimum Gasteiger partial charge on any atom is -0.346 e. The Morgan fingerprint density at radius 1 is 1.35 bits per heavy atom. The molecule has 0 saturated heterocycles. The van der Waals surface area contributed by atoms with Crippen molar-refractivity contribution in [2.45, 2.75) is 45.2 Å². The van der Waals surface area contributed by atoms with Gasteiger partial charge >= 0.3 is 0 Å². The number of rotatable bonds is 5. The predicted molar refractivity (Wildman–Crippen MR) is 77.7 cm³/mol. The van der Waals surface area contributed by atoms with E-state index < -0.39 is 23.2 Å². The van der Waals surface area contributed by atoms with E-state index in [4.69, 9.17) is 5.73 Å². The molecule has 1 atom stereocenters. The van der Waals surface area contributed by atoms with Crippen molar-refractivity contribution in [3.05, 3.63) is 35.4 Å². The summed E-state index contributed by atoms with van der Waals surface area (Å²) in [6.07, 6.45) is 1.39. The van der Waals surface area contributed by atoms with Gasteiger partial charge in [-0.25, -0.2) is 8.78 Å². The molecule has 114 valence electrons. The lowest BCUT2D eigenvalue weighted by Crippen LogP contribution is -2.48. The van der Waals surface area contributed by atoms with E-state index in [-0.39, 0.29) is 18.3 Å². The number of amides is 1. The molecule has 0 fully saturated rings. The van der Waals surface area contributed by atoms with Crippen LogP contribution < -0.4 is 11.1 Å². The molecule has 3 nitrogen and oxygen atoms in total. The van der Waals surface area contributed by atoms with Crippen molar-refractivity contribution in [1.82, 2.24) is 5.32 Å². The van der Waals surface area contributed by atoms with Crippen molar-refractivity contribution in [3.63, 3.8) is 0 Å². The Balaban J connectivity index is 0.00000361. The average Bonchev–Trinajstić information content (AvgIpc) is 2.32. The van der Waals surface area contributed by atoms with Gasteiger partial charge in [-0.1, -0.05) is 19.4 Å². The van der Waals surface area contributed by atoms with E-state index in [1.165, 1.54) is 6.07 Å². The summed E-state index contributed by atoms with van der Waals surface area (Å²) in [7, 11) is 0. The zero-order chi connectivity index (χ0) is 14.6. The van der Waals surface area contributed by atoms with Crippen molar-refractivity contribution >= 4 is 18.3 Å². The van der Waals surface area contributed by atoms with E-state index in [1.54, 1.807) is 13.8 Å². The maximum atomic E-state index is 13.2. The maximum Gasteiger partial charge on any atom is 0.237 e. The Morgan fingerprint density at radius 3 is 2.45 bits per heavy atom. The molecule has 0 saturated carbocycles. The molecule has 20 heavy (non-hydrogen) atoms. The second kappa shape index (κ2) is 7.55. The third-order valence-corrected chi connectivity index (χ3v) is 3.01. The van der Waals surface area contributed by atoms with Gasteiger partial charge in [-0.05, 0) is 38.0 Å². The van der Waals surface area contributed by atoms with Crippen molar-refractivity contribution in [2.75, 3.05) is 0 Å². The van der Waals surface area contributed by atoms with Gasteiger partial charge in [-0.15, -0.1) is 12.4 Å². The molecule has 6 heteroatoms. The van der Waals surface area contributed by atoms with Crippen LogP contribution >= 0.6 is 12.4 Å². The van der Waals surface area contributed by atoms with Crippen LogP contribution in [0.15, 0.2) is 18.2 Å². The molecule has 0 bridgehead atoms. The maximum absolute atomic E-state index is 13.2. The van der Waals surface area contributed by atoms with Crippen molar-refractivity contribution in [2.24, 2.45) is 5.73 Å². The number of nitrogens with one attached hydrogen (secondary N) is 1. The molecule has 0 aliphatic rings. The van der Waals surface area contributed by atoms with Gasteiger partial charge in [0, 0.05) is 0 Å². The lowest BCUT2D eigenvalue weighted by molar-refractivity contribution is -0.124. The highest BCUT2D eigenvalue weighted by molar-refractivity contribution is 5.85. The van der Waals surface area contributed by atoms with E-state index in [0.717, 1.165) is 18.6 Å². The number of hydrogen-bond donors (Lipinski definition) is 2. The first-order valence-electron chi connectivity index (χ1n) is 6.31. The SMILES string of the molecule is CCCC(N)C(=O)NC(C)(C)c1ccc(F)c(F)c1.Cl. The Kier molecular flexibility index (Phi) is 7.09. The van der Waals surface area contributed by atoms with Crippen LogP contribution in [0.4, 0.5) is 8.78 Å². The van der Waals surface area contributed by atoms with Gasteiger partial charge in [-0.2, -0.15) is 0 Å². The summed E-state index contributed by atoms with van der Waals surface area (Å²) in [6.45, 7) is 5.38. The van der Waals surface area contributed by atoms with Gasteiger partial charge in [-0.3, -0.25) is 4.79 Å². The van der Waals surface area contributed by atoms with E-state index in [2.05, 4.69) is 5.32 Å². The average molecular weight is 307 g/mol. The van der Waals surface area contributed by atoms with Gasteiger partial charge in [0.05, 0.1) is 11.6 Å². The number of hydrogen-bond acceptors (Lipinski definition) is 2. The molecule has 0 spiro atoms. The monoisotopic (exact) mass is 306 g/mol. The van der Waals surface area contributed by atoms with Gasteiger partial charge < -0.3 is 11.1 Å². The molecule has 0 heterocycles. The fourth-order valence-corrected chi connectivity index (χ4v) is 1.80. The predicted octanol–water partition coefficient (Wildman–Crippen LogP) is 2.87. The summed E-state index contributed by atoms with van der Waals surface area (Å²) < 4.78 is 26.1. The number of nitrogens with two attached hydrogens (primary N) is 1. The van der Waals surface area contributed by atoms with Gasteiger partial charge in [0.2, 0.25) is 5.91 Å². The lowest BCUT2D eigenvalue weighted by atomic mass is 9.93. The molecule has 0 radical (unpaired) electrons. The van der Waals surface area contributed by atoms with Crippen LogP contribution in [0, 0.1) is 11.6 Å². The highest BCUT2D eigenvalue weighted by atomic mass is 35.5. The quantitative estimate of drug-likeness (QED) is 0.879. The molecule has 0 aromatic heterocycles. The van der Waals surface area contributed by atoms with Gasteiger partial charge in [0.1, 0.15) is 0 Å². The van der Waals surface area contributed by atoms with Crippen LogP contribution in [0.2, 0.25) is 0 Å². The van der Waals surface area contributed by atoms with Crippen LogP contribution in [-0.4, -0.2) is 11.9 Å². The van der Waals surface area contributed by atoms with Crippen LogP contribution in [0.5, 0.6) is 0 Å². The molecule has 0 aliphatic heterocycles. The van der Waals surface area contributed by atoms with Crippen LogP contribution in [0.25, 0.3) is 0 Å². The summed E-state index contributed by atoms with van der Waals surface area (Å²) in [5, 5.41) is 2.75. The van der Waals surface area contributed by atoms with E-state index in [0.29, 0.717) is 12.0 Å². The number of carbonyl (C=O) groups excluding carboxylic acids is 1. The topological polar surface area (TPSA) is 55.1 Å². The van der Waals surface area contributed by atoms with Crippen molar-refractivity contribution in [3.8, 4) is 0 Å². The van der Waals surface area contributed by atoms with Crippen LogP contribution in [-0.2, 0) is 10.3 Å². The standard InChI is InChI=1S/C14H20F2N2O.ClH/c1-4-5-12(17)13(19)18-14(2,3)9-6-7-10(15)11(16)8-9;/h6-8,12H,4-5,17H2,1-3H3,(H,18,19);1H. The highest BCUT2D eigenvalue weighted by Crippen LogP contribution is 2.22. The second-order valence-corrected chi connectivity index (χ2v) is 5.14. The second-order valence-electron chi connectivity index (χ2n) is 5.14. The highest BCUT2D eigenvalue weighted by Gasteiger charge is 2.26. The van der Waals surface area contributed by atoms with Crippen molar-refractivity contribution < 1.29 is 13.6 Å². The zero-order valence-electron chi connectivity index (χ0n) is 11.9. The Bertz CT molecular complexity index is 466. The minimum atomic E-state index is -0.933. The molecule has 1 amide bonds. The molecule has 3 N–H and O–H groups in total. The number of carbonyl (C=O) groups is 1. The largest absolute Gasteiger partial charge is 0.346 e. The molecule has 1 unspecified atom stereocenters. The summed E-state index contributed by atoms with van der Waals surface area (Å²) in [6, 6.07) is 2.99. The number of benzene rings is 1. The molecule has 0 aliphatic carbocycles. The van der Waals surface area contributed by atoms with Gasteiger partial charge in [0.25, 0.3) is 0 Å². The van der Waals surface area contributed by atoms with E-state index in [9.17, 15) is 13.6 Å². The van der Waals surface area contributed by atoms with Gasteiger partial charge in [0.15, 0.2) is 11.6 Å². The third kappa shape index (κ3) is 4.72. The summed E-state index contributed by atoms with van der Waals surface area (Å²) in [4.78, 5) is 11.9. The first-order valence-corrected chi connectivity index (χ1v) is 6.31. The van der Waals surface area contributed by atoms with E-state index in [1.807, 2.05) is 6.92 Å². The molecular formula is C14H21ClF2N2O. The van der Waals surface area contributed by atoms with E-state index >= 15 is 0 Å². The fraction of sp³-hybridized carbons (Fsp3) is 0.500. The Labute approximate surface area is 124 Å². The molecule has 1 aromatic carbocycles. The summed E-state index contributed by atoms with van der Waals surface area (Å²) in [5.41, 5.74) is 5.40. The number of halogens is 3. The zero-order valence-corrected chi connectivity index (χ0v) is 12.7. The Morgan fingerprint density at radius 2 is 1.95 bits per heavy atom. The Hall–Kier alpha value is -1.20. The normalized spacial score (nSPS) is 12.5. The molecule has 1 rings (SSSR count). The summed E-state index contributed by atoms with van der Waals surface area (Å²) in [5.74, 6) is -2.14. The third-order valence-electron chi connectivity index (χ3n) is 3.01. The molecule has 1 aromatic rings. The first-order chi connectivity index (χ1) is 8.77. The van der Waals surface area contributed by atoms with Crippen molar-refractivity contribution in [1.29, 1.82) is 0 Å². The first kappa shape index (κ1) is 18.8. The van der Waals surface area contributed by atoms with Crippen LogP contribution in [0.3, 0.4) is 0 Å². The smallest absolute Gasteiger partial charge is 0.237 e. The minimum absolute atomic E-state index is 0.